The van der Waals surface area contributed by atoms with Gasteiger partial charge in [0.2, 0.25) is 0 Å². The van der Waals surface area contributed by atoms with E-state index < -0.39 is 0 Å². The molecular formula is C24H18FeN2O2. The van der Waals surface area contributed by atoms with Crippen LogP contribution in [0.5, 0.6) is 11.5 Å². The Labute approximate surface area is 179 Å². The van der Waals surface area contributed by atoms with Gasteiger partial charge in [0.25, 0.3) is 0 Å². The second-order valence-corrected chi connectivity index (χ2v) is 6.54. The number of hydrogen-bond donors (Lipinski definition) is 0. The van der Waals surface area contributed by atoms with Crippen molar-refractivity contribution in [1.29, 1.82) is 0 Å². The Balaban J connectivity index is 0.00000240. The van der Waals surface area contributed by atoms with Crippen molar-refractivity contribution < 1.29 is 27.3 Å². The summed E-state index contributed by atoms with van der Waals surface area (Å²) in [6, 6.07) is 22.5. The average Bonchev–Trinajstić information content (AvgIpc) is 2.71. The van der Waals surface area contributed by atoms with Crippen molar-refractivity contribution in [3.8, 4) is 11.5 Å². The van der Waals surface area contributed by atoms with E-state index in [4.69, 9.17) is 0 Å². The van der Waals surface area contributed by atoms with Crippen LogP contribution in [0.1, 0.15) is 11.1 Å². The van der Waals surface area contributed by atoms with Crippen LogP contribution in [0.3, 0.4) is 0 Å². The zero-order chi connectivity index (χ0) is 19.3. The maximum absolute atomic E-state index is 12.1. The minimum Gasteiger partial charge on any atom is -0.872 e. The standard InChI is InChI=1S/C24H20N2O2.Fe/c27-23-13-19-7-3-1-5-17(19)11-21(23)15-25-9-10-26-16-22-12-18-6-2-4-8-20(18)14-24(22)28;/h1-8,11-16,27-28H,9-10H2;/q;+2/p-2. The number of fused-ring (bicyclic) bond motifs is 2. The Kier molecular flexibility index (Phi) is 6.65. The molecule has 4 aromatic rings. The molecule has 0 bridgehead atoms. The van der Waals surface area contributed by atoms with Gasteiger partial charge < -0.3 is 10.2 Å². The molecular weight excluding hydrogens is 404 g/mol. The van der Waals surface area contributed by atoms with Gasteiger partial charge in [-0.25, -0.2) is 0 Å². The monoisotopic (exact) mass is 422 g/mol. The van der Waals surface area contributed by atoms with Crippen molar-refractivity contribution in [2.75, 3.05) is 13.1 Å². The third-order valence-corrected chi connectivity index (χ3v) is 4.58. The summed E-state index contributed by atoms with van der Waals surface area (Å²) in [7, 11) is 0. The van der Waals surface area contributed by atoms with Crippen molar-refractivity contribution in [2.45, 2.75) is 0 Å². The van der Waals surface area contributed by atoms with Gasteiger partial charge in [-0.1, -0.05) is 72.2 Å². The van der Waals surface area contributed by atoms with E-state index in [2.05, 4.69) is 9.98 Å². The summed E-state index contributed by atoms with van der Waals surface area (Å²) in [5, 5.41) is 28.1. The minimum atomic E-state index is -0.0434. The summed E-state index contributed by atoms with van der Waals surface area (Å²) < 4.78 is 0. The number of nitrogens with zero attached hydrogens (tertiary/aromatic N) is 2. The molecule has 0 amide bonds. The average molecular weight is 422 g/mol. The van der Waals surface area contributed by atoms with E-state index in [0.717, 1.165) is 21.5 Å². The molecule has 144 valence electrons. The predicted molar refractivity (Wildman–Crippen MR) is 112 cm³/mol. The topological polar surface area (TPSA) is 70.8 Å². The molecule has 0 aliphatic rings. The molecule has 0 spiro atoms. The Hall–Kier alpha value is -3.14. The van der Waals surface area contributed by atoms with Crippen LogP contribution in [0.15, 0.2) is 82.8 Å². The third kappa shape index (κ3) is 4.83. The largest absolute Gasteiger partial charge is 2.00 e. The second kappa shape index (κ2) is 9.37. The van der Waals surface area contributed by atoms with E-state index in [0.29, 0.717) is 24.2 Å². The zero-order valence-corrected chi connectivity index (χ0v) is 16.7. The molecule has 0 aromatic heterocycles. The van der Waals surface area contributed by atoms with Crippen molar-refractivity contribution in [2.24, 2.45) is 9.98 Å². The van der Waals surface area contributed by atoms with Crippen LogP contribution in [0, 0.1) is 0 Å². The van der Waals surface area contributed by atoms with Crippen molar-refractivity contribution in [1.82, 2.24) is 0 Å². The molecule has 0 saturated carbocycles. The van der Waals surface area contributed by atoms with Crippen LogP contribution in [-0.2, 0) is 17.1 Å². The Morgan fingerprint density at radius 1 is 0.586 bits per heavy atom. The van der Waals surface area contributed by atoms with E-state index in [1.165, 1.54) is 0 Å². The summed E-state index contributed by atoms with van der Waals surface area (Å²) in [6.07, 6.45) is 3.19. The Bertz CT molecular complexity index is 1110. The summed E-state index contributed by atoms with van der Waals surface area (Å²) in [4.78, 5) is 8.59. The molecule has 4 aromatic carbocycles. The fraction of sp³-hybridized carbons (Fsp3) is 0.0833. The van der Waals surface area contributed by atoms with E-state index in [-0.39, 0.29) is 28.6 Å². The van der Waals surface area contributed by atoms with Gasteiger partial charge in [0, 0.05) is 12.4 Å². The summed E-state index contributed by atoms with van der Waals surface area (Å²) in [6.45, 7) is 0.898. The molecule has 0 aliphatic heterocycles. The molecule has 0 fully saturated rings. The third-order valence-electron chi connectivity index (χ3n) is 4.58. The summed E-state index contributed by atoms with van der Waals surface area (Å²) in [5.74, 6) is -0.0868. The first kappa shape index (κ1) is 20.6. The number of rotatable bonds is 5. The quantitative estimate of drug-likeness (QED) is 0.280. The van der Waals surface area contributed by atoms with Gasteiger partial charge in [-0.3, -0.25) is 9.98 Å². The van der Waals surface area contributed by atoms with Gasteiger partial charge in [0.1, 0.15) is 0 Å². The van der Waals surface area contributed by atoms with Crippen LogP contribution in [-0.4, -0.2) is 25.5 Å². The minimum absolute atomic E-state index is 0. The van der Waals surface area contributed by atoms with Gasteiger partial charge in [-0.05, 0) is 44.8 Å². The van der Waals surface area contributed by atoms with E-state index in [1.54, 1.807) is 24.6 Å². The molecule has 0 heterocycles. The van der Waals surface area contributed by atoms with Gasteiger partial charge in [-0.2, -0.15) is 0 Å². The van der Waals surface area contributed by atoms with Crippen LogP contribution in [0.25, 0.3) is 21.5 Å². The first-order valence-electron chi connectivity index (χ1n) is 9.10. The number of hydrogen-bond acceptors (Lipinski definition) is 4. The van der Waals surface area contributed by atoms with Crippen LogP contribution >= 0.6 is 0 Å². The number of aliphatic imine (C=N–C) groups is 2. The fourth-order valence-electron chi connectivity index (χ4n) is 3.12. The predicted octanol–water partition coefficient (Wildman–Crippen LogP) is 3.68. The van der Waals surface area contributed by atoms with Crippen molar-refractivity contribution >= 4 is 34.0 Å². The Morgan fingerprint density at radius 3 is 1.31 bits per heavy atom. The van der Waals surface area contributed by atoms with Gasteiger partial charge in [0.05, 0.1) is 13.1 Å². The molecule has 29 heavy (non-hydrogen) atoms. The maximum atomic E-state index is 12.1. The van der Waals surface area contributed by atoms with Crippen molar-refractivity contribution in [3.63, 3.8) is 0 Å². The molecule has 4 rings (SSSR count). The van der Waals surface area contributed by atoms with Crippen molar-refractivity contribution in [3.05, 3.63) is 83.9 Å². The summed E-state index contributed by atoms with van der Waals surface area (Å²) >= 11 is 0. The smallest absolute Gasteiger partial charge is 0.872 e. The molecule has 4 nitrogen and oxygen atoms in total. The molecule has 5 heteroatoms. The summed E-state index contributed by atoms with van der Waals surface area (Å²) in [5.41, 5.74) is 1.14. The normalized spacial score (nSPS) is 11.4. The molecule has 0 unspecified atom stereocenters. The first-order valence-corrected chi connectivity index (χ1v) is 9.10. The van der Waals surface area contributed by atoms with Gasteiger partial charge in [0.15, 0.2) is 0 Å². The van der Waals surface area contributed by atoms with Crippen LogP contribution in [0.4, 0.5) is 0 Å². The van der Waals surface area contributed by atoms with Crippen LogP contribution < -0.4 is 10.2 Å². The SMILES string of the molecule is [Fe+2].[O-]c1cc2ccccc2cc1C=NCCN=Cc1cc2ccccc2cc1[O-]. The molecule has 0 aliphatic carbocycles. The van der Waals surface area contributed by atoms with Gasteiger partial charge in [-0.15, -0.1) is 0 Å². The molecule has 0 N–H and O–H groups in total. The molecule has 0 atom stereocenters. The van der Waals surface area contributed by atoms with Crippen LogP contribution in [0.2, 0.25) is 0 Å². The Morgan fingerprint density at radius 2 is 0.931 bits per heavy atom. The molecule has 0 radical (unpaired) electrons. The fourth-order valence-corrected chi connectivity index (χ4v) is 3.12. The molecule has 0 saturated heterocycles. The van der Waals surface area contributed by atoms with Gasteiger partial charge >= 0.3 is 17.1 Å². The van der Waals surface area contributed by atoms with E-state index in [1.807, 2.05) is 60.7 Å². The first-order chi connectivity index (χ1) is 13.7. The second-order valence-electron chi connectivity index (χ2n) is 6.54. The van der Waals surface area contributed by atoms with E-state index >= 15 is 0 Å². The van der Waals surface area contributed by atoms with E-state index in [9.17, 15) is 10.2 Å². The maximum Gasteiger partial charge on any atom is 2.00 e. The zero-order valence-electron chi connectivity index (χ0n) is 15.6. The number of benzene rings is 4.